The summed E-state index contributed by atoms with van der Waals surface area (Å²) in [6.07, 6.45) is 0.869. The van der Waals surface area contributed by atoms with E-state index in [1.165, 1.54) is 17.0 Å². The molecule has 0 spiro atoms. The molecule has 1 atom stereocenters. The second-order valence-corrected chi connectivity index (χ2v) is 8.52. The topological polar surface area (TPSA) is 67.3 Å². The quantitative estimate of drug-likeness (QED) is 0.835. The van der Waals surface area contributed by atoms with Gasteiger partial charge in [0.15, 0.2) is 9.84 Å². The molecule has 3 rings (SSSR count). The van der Waals surface area contributed by atoms with E-state index in [-0.39, 0.29) is 35.0 Å². The van der Waals surface area contributed by atoms with Crippen molar-refractivity contribution in [2.75, 3.05) is 18.6 Å². The van der Waals surface area contributed by atoms with Crippen LogP contribution < -0.4 is 0 Å². The number of benzene rings is 1. The Morgan fingerprint density at radius 3 is 2.72 bits per heavy atom. The van der Waals surface area contributed by atoms with E-state index in [9.17, 15) is 17.6 Å². The molecule has 0 aliphatic carbocycles. The zero-order valence-electron chi connectivity index (χ0n) is 13.9. The minimum atomic E-state index is -3.06. The van der Waals surface area contributed by atoms with Crippen molar-refractivity contribution in [2.45, 2.75) is 18.9 Å². The van der Waals surface area contributed by atoms with Crippen LogP contribution in [0.3, 0.4) is 0 Å². The number of carbonyl (C=O) groups is 1. The maximum absolute atomic E-state index is 13.3. The molecule has 25 heavy (non-hydrogen) atoms. The number of nitrogens with zero attached hydrogens (tertiary/aromatic N) is 2. The number of sulfone groups is 1. The predicted molar refractivity (Wildman–Crippen MR) is 92.6 cm³/mol. The highest BCUT2D eigenvalue weighted by atomic mass is 32.2. The molecule has 132 valence electrons. The highest BCUT2D eigenvalue weighted by Crippen LogP contribution is 2.18. The fraction of sp³-hybridized carbons (Fsp3) is 0.333. The molecule has 1 aromatic carbocycles. The maximum atomic E-state index is 13.3. The van der Waals surface area contributed by atoms with Crippen molar-refractivity contribution < 1.29 is 17.6 Å². The van der Waals surface area contributed by atoms with Gasteiger partial charge in [0.2, 0.25) is 0 Å². The Labute approximate surface area is 146 Å². The number of rotatable bonds is 4. The van der Waals surface area contributed by atoms with Crippen molar-refractivity contribution in [3.05, 3.63) is 65.2 Å². The number of carbonyl (C=O) groups excluding carboxylic acids is 1. The molecule has 7 heteroatoms. The van der Waals surface area contributed by atoms with Gasteiger partial charge in [-0.15, -0.1) is 0 Å². The molecule has 0 bridgehead atoms. The van der Waals surface area contributed by atoms with Crippen LogP contribution in [0.15, 0.2) is 42.5 Å². The lowest BCUT2D eigenvalue weighted by Crippen LogP contribution is -2.38. The summed E-state index contributed by atoms with van der Waals surface area (Å²) in [5, 5.41) is 0. The molecular formula is C18H19FN2O3S. The van der Waals surface area contributed by atoms with Gasteiger partial charge in [-0.05, 0) is 36.2 Å². The van der Waals surface area contributed by atoms with Gasteiger partial charge in [0, 0.05) is 25.2 Å². The summed E-state index contributed by atoms with van der Waals surface area (Å²) in [5.74, 6) is -0.504. The first-order valence-corrected chi connectivity index (χ1v) is 9.84. The van der Waals surface area contributed by atoms with Gasteiger partial charge in [-0.2, -0.15) is 0 Å². The van der Waals surface area contributed by atoms with E-state index in [2.05, 4.69) is 4.98 Å². The van der Waals surface area contributed by atoms with Crippen LogP contribution >= 0.6 is 0 Å². The summed E-state index contributed by atoms with van der Waals surface area (Å²) >= 11 is 0. The zero-order chi connectivity index (χ0) is 18.0. The Bertz CT molecular complexity index is 899. The van der Waals surface area contributed by atoms with Gasteiger partial charge in [-0.25, -0.2) is 17.8 Å². The SMILES string of the molecule is CN(C(=O)c1cccc(Cc2cccc(F)c2)n1)[C@H]1CCS(=O)(=O)C1. The summed E-state index contributed by atoms with van der Waals surface area (Å²) in [4.78, 5) is 18.4. The fourth-order valence-electron chi connectivity index (χ4n) is 2.98. The molecule has 1 aromatic heterocycles. The Morgan fingerprint density at radius 2 is 2.04 bits per heavy atom. The number of hydrogen-bond acceptors (Lipinski definition) is 4. The van der Waals surface area contributed by atoms with Crippen LogP contribution in [0.1, 0.15) is 28.2 Å². The molecule has 2 aromatic rings. The maximum Gasteiger partial charge on any atom is 0.272 e. The third-order valence-corrected chi connectivity index (χ3v) is 6.13. The Morgan fingerprint density at radius 1 is 1.28 bits per heavy atom. The van der Waals surface area contributed by atoms with Crippen LogP contribution in [0.4, 0.5) is 4.39 Å². The third-order valence-electron chi connectivity index (χ3n) is 4.38. The van der Waals surface area contributed by atoms with Crippen LogP contribution in [-0.4, -0.2) is 48.8 Å². The molecule has 2 heterocycles. The van der Waals surface area contributed by atoms with Gasteiger partial charge in [0.1, 0.15) is 11.5 Å². The summed E-state index contributed by atoms with van der Waals surface area (Å²) in [6, 6.07) is 11.1. The monoisotopic (exact) mass is 362 g/mol. The number of aromatic nitrogens is 1. The number of hydrogen-bond donors (Lipinski definition) is 0. The lowest BCUT2D eigenvalue weighted by Gasteiger charge is -2.23. The van der Waals surface area contributed by atoms with E-state index >= 15 is 0 Å². The highest BCUT2D eigenvalue weighted by Gasteiger charge is 2.33. The molecule has 1 aliphatic heterocycles. The highest BCUT2D eigenvalue weighted by molar-refractivity contribution is 7.91. The minimum Gasteiger partial charge on any atom is -0.336 e. The average Bonchev–Trinajstić information content (AvgIpc) is 2.94. The molecule has 0 radical (unpaired) electrons. The van der Waals surface area contributed by atoms with Crippen molar-refractivity contribution >= 4 is 15.7 Å². The normalized spacial score (nSPS) is 18.9. The van der Waals surface area contributed by atoms with Gasteiger partial charge in [-0.1, -0.05) is 18.2 Å². The predicted octanol–water partition coefficient (Wildman–Crippen LogP) is 2.07. The van der Waals surface area contributed by atoms with Gasteiger partial charge in [0.25, 0.3) is 5.91 Å². The summed E-state index contributed by atoms with van der Waals surface area (Å²) in [6.45, 7) is 0. The summed E-state index contributed by atoms with van der Waals surface area (Å²) in [5.41, 5.74) is 1.69. The molecule has 1 amide bonds. The van der Waals surface area contributed by atoms with E-state index in [1.54, 1.807) is 37.4 Å². The first-order valence-electron chi connectivity index (χ1n) is 8.02. The number of amides is 1. The van der Waals surface area contributed by atoms with Crippen LogP contribution in [-0.2, 0) is 16.3 Å². The second-order valence-electron chi connectivity index (χ2n) is 6.29. The molecule has 0 saturated carbocycles. The Balaban J connectivity index is 1.75. The van der Waals surface area contributed by atoms with Crippen molar-refractivity contribution in [1.82, 2.24) is 9.88 Å². The molecule has 0 N–H and O–H groups in total. The fourth-order valence-corrected chi connectivity index (χ4v) is 4.75. The van der Waals surface area contributed by atoms with Gasteiger partial charge < -0.3 is 4.90 Å². The van der Waals surface area contributed by atoms with Crippen molar-refractivity contribution in [1.29, 1.82) is 0 Å². The second kappa shape index (κ2) is 6.92. The Hall–Kier alpha value is -2.28. The zero-order valence-corrected chi connectivity index (χ0v) is 14.7. The minimum absolute atomic E-state index is 0.00176. The standard InChI is InChI=1S/C18H19FN2O3S/c1-21(16-8-9-25(23,24)12-16)18(22)17-7-3-6-15(20-17)11-13-4-2-5-14(19)10-13/h2-7,10,16H,8-9,11-12H2,1H3/t16-/m0/s1. The number of halogens is 1. The van der Waals surface area contributed by atoms with Crippen molar-refractivity contribution in [2.24, 2.45) is 0 Å². The summed E-state index contributed by atoms with van der Waals surface area (Å²) < 4.78 is 36.5. The van der Waals surface area contributed by atoms with E-state index < -0.39 is 9.84 Å². The van der Waals surface area contributed by atoms with Crippen molar-refractivity contribution in [3.8, 4) is 0 Å². The molecule has 1 fully saturated rings. The molecular weight excluding hydrogens is 343 g/mol. The first-order chi connectivity index (χ1) is 11.8. The van der Waals surface area contributed by atoms with Crippen LogP contribution in [0, 0.1) is 5.82 Å². The number of pyridine rings is 1. The van der Waals surface area contributed by atoms with E-state index in [0.717, 1.165) is 5.56 Å². The van der Waals surface area contributed by atoms with E-state index in [4.69, 9.17) is 0 Å². The van der Waals surface area contributed by atoms with Gasteiger partial charge in [-0.3, -0.25) is 4.79 Å². The van der Waals surface area contributed by atoms with Crippen LogP contribution in [0.2, 0.25) is 0 Å². The van der Waals surface area contributed by atoms with Crippen LogP contribution in [0.25, 0.3) is 0 Å². The molecule has 1 saturated heterocycles. The summed E-state index contributed by atoms with van der Waals surface area (Å²) in [7, 11) is -1.45. The van der Waals surface area contributed by atoms with Gasteiger partial charge >= 0.3 is 0 Å². The lowest BCUT2D eigenvalue weighted by molar-refractivity contribution is 0.0741. The first kappa shape index (κ1) is 17.5. The smallest absolute Gasteiger partial charge is 0.272 e. The largest absolute Gasteiger partial charge is 0.336 e. The third kappa shape index (κ3) is 4.22. The van der Waals surface area contributed by atoms with E-state index in [1.807, 2.05) is 0 Å². The average molecular weight is 362 g/mol. The lowest BCUT2D eigenvalue weighted by atomic mass is 10.1. The molecule has 0 unspecified atom stereocenters. The van der Waals surface area contributed by atoms with E-state index in [0.29, 0.717) is 18.5 Å². The van der Waals surface area contributed by atoms with Crippen LogP contribution in [0.5, 0.6) is 0 Å². The van der Waals surface area contributed by atoms with Gasteiger partial charge in [0.05, 0.1) is 11.5 Å². The molecule has 5 nitrogen and oxygen atoms in total. The van der Waals surface area contributed by atoms with Crippen molar-refractivity contribution in [3.63, 3.8) is 0 Å². The Kier molecular flexibility index (Phi) is 4.85. The molecule has 1 aliphatic rings.